The maximum absolute atomic E-state index is 12.8. The second kappa shape index (κ2) is 10.5. The van der Waals surface area contributed by atoms with Crippen LogP contribution in [0.2, 0.25) is 0 Å². The molecule has 0 bridgehead atoms. The van der Waals surface area contributed by atoms with E-state index >= 15 is 0 Å². The van der Waals surface area contributed by atoms with Crippen molar-refractivity contribution >= 4 is 11.8 Å². The van der Waals surface area contributed by atoms with Crippen LogP contribution in [0, 0.1) is 16.7 Å². The van der Waals surface area contributed by atoms with Gasteiger partial charge < -0.3 is 19.6 Å². The van der Waals surface area contributed by atoms with Crippen LogP contribution in [0.4, 0.5) is 0 Å². The predicted octanol–water partition coefficient (Wildman–Crippen LogP) is 3.85. The fourth-order valence-electron chi connectivity index (χ4n) is 7.30. The summed E-state index contributed by atoms with van der Waals surface area (Å²) in [7, 11) is 0. The fraction of sp³-hybridized carbons (Fsp3) is 0.929. The van der Waals surface area contributed by atoms with E-state index in [0.29, 0.717) is 29.8 Å². The lowest BCUT2D eigenvalue weighted by Crippen LogP contribution is -2.49. The molecule has 0 N–H and O–H groups in total. The molecule has 0 radical (unpaired) electrons. The summed E-state index contributed by atoms with van der Waals surface area (Å²) in [5.74, 6) is 1.31. The Morgan fingerprint density at radius 3 is 2.00 bits per heavy atom. The van der Waals surface area contributed by atoms with Gasteiger partial charge in [0.05, 0.1) is 0 Å². The zero-order valence-electron chi connectivity index (χ0n) is 22.7. The topological polar surface area (TPSA) is 47.1 Å². The third-order valence-electron chi connectivity index (χ3n) is 8.51. The van der Waals surface area contributed by atoms with Crippen molar-refractivity contribution in [3.63, 3.8) is 0 Å². The molecule has 6 heteroatoms. The molecule has 4 saturated heterocycles. The summed E-state index contributed by atoms with van der Waals surface area (Å²) in [6, 6.07) is 0.839. The maximum Gasteiger partial charge on any atom is 0.222 e. The number of carbonyl (C=O) groups is 2. The Hall–Kier alpha value is -1.14. The first-order valence-corrected chi connectivity index (χ1v) is 14.0. The lowest BCUT2D eigenvalue weighted by atomic mass is 9.79. The number of carbonyl (C=O) groups excluding carboxylic acids is 2. The molecule has 194 valence electrons. The van der Waals surface area contributed by atoms with Crippen molar-refractivity contribution in [2.45, 2.75) is 98.1 Å². The molecule has 0 aliphatic carbocycles. The molecule has 4 fully saturated rings. The van der Waals surface area contributed by atoms with Gasteiger partial charge >= 0.3 is 0 Å². The van der Waals surface area contributed by atoms with Crippen molar-refractivity contribution in [1.82, 2.24) is 19.6 Å². The fourth-order valence-corrected chi connectivity index (χ4v) is 7.30. The number of likely N-dealkylation sites (tertiary alicyclic amines) is 4. The normalized spacial score (nSPS) is 29.0. The van der Waals surface area contributed by atoms with Gasteiger partial charge in [-0.05, 0) is 55.3 Å². The lowest BCUT2D eigenvalue weighted by molar-refractivity contribution is -0.136. The van der Waals surface area contributed by atoms with E-state index in [9.17, 15) is 9.59 Å². The van der Waals surface area contributed by atoms with Gasteiger partial charge in [0, 0.05) is 77.3 Å². The van der Waals surface area contributed by atoms with E-state index in [1.54, 1.807) is 0 Å². The van der Waals surface area contributed by atoms with Gasteiger partial charge in [0.15, 0.2) is 0 Å². The second-order valence-corrected chi connectivity index (χ2v) is 13.7. The van der Waals surface area contributed by atoms with Crippen molar-refractivity contribution in [3.05, 3.63) is 0 Å². The molecule has 0 aromatic carbocycles. The zero-order chi connectivity index (χ0) is 24.5. The summed E-state index contributed by atoms with van der Waals surface area (Å²) in [5.41, 5.74) is 0.498. The minimum atomic E-state index is 0.218. The van der Waals surface area contributed by atoms with E-state index in [1.807, 2.05) is 0 Å². The Labute approximate surface area is 208 Å². The number of amides is 2. The first-order chi connectivity index (χ1) is 16.0. The van der Waals surface area contributed by atoms with E-state index in [1.165, 1.54) is 6.42 Å². The van der Waals surface area contributed by atoms with E-state index in [-0.39, 0.29) is 10.8 Å². The number of nitrogens with zero attached hydrogens (tertiary/aromatic N) is 4. The third kappa shape index (κ3) is 6.54. The third-order valence-corrected chi connectivity index (χ3v) is 8.51. The molecule has 4 aliphatic rings. The van der Waals surface area contributed by atoms with Crippen molar-refractivity contribution < 1.29 is 9.59 Å². The molecule has 2 amide bonds. The van der Waals surface area contributed by atoms with Gasteiger partial charge in [-0.25, -0.2) is 0 Å². The van der Waals surface area contributed by atoms with Crippen LogP contribution in [0.3, 0.4) is 0 Å². The van der Waals surface area contributed by atoms with Gasteiger partial charge in [-0.1, -0.05) is 34.6 Å². The van der Waals surface area contributed by atoms with Gasteiger partial charge in [0.1, 0.15) is 0 Å². The lowest BCUT2D eigenvalue weighted by Gasteiger charge is -2.42. The van der Waals surface area contributed by atoms with Gasteiger partial charge in [-0.15, -0.1) is 0 Å². The average Bonchev–Trinajstić information content (AvgIpc) is 3.33. The monoisotopic (exact) mass is 474 g/mol. The van der Waals surface area contributed by atoms with Crippen molar-refractivity contribution in [2.24, 2.45) is 16.7 Å². The van der Waals surface area contributed by atoms with Crippen molar-refractivity contribution in [3.8, 4) is 0 Å². The zero-order valence-corrected chi connectivity index (χ0v) is 22.7. The van der Waals surface area contributed by atoms with Crippen LogP contribution in [-0.4, -0.2) is 95.9 Å². The van der Waals surface area contributed by atoms with Gasteiger partial charge in [-0.2, -0.15) is 0 Å². The highest BCUT2D eigenvalue weighted by Gasteiger charge is 2.42. The second-order valence-electron chi connectivity index (χ2n) is 13.7. The summed E-state index contributed by atoms with van der Waals surface area (Å²) in [6.07, 6.45) is 8.16. The molecule has 4 aliphatic heterocycles. The van der Waals surface area contributed by atoms with Crippen LogP contribution >= 0.6 is 0 Å². The van der Waals surface area contributed by atoms with Gasteiger partial charge in [-0.3, -0.25) is 9.59 Å². The van der Waals surface area contributed by atoms with Crippen LogP contribution < -0.4 is 0 Å². The molecule has 0 saturated carbocycles. The molecule has 4 heterocycles. The molecule has 6 nitrogen and oxygen atoms in total. The Balaban J connectivity index is 1.35. The molecule has 0 spiro atoms. The van der Waals surface area contributed by atoms with Crippen LogP contribution in [0.1, 0.15) is 86.0 Å². The quantitative estimate of drug-likeness (QED) is 0.562. The minimum Gasteiger partial charge on any atom is -0.340 e. The number of rotatable bonds is 7. The summed E-state index contributed by atoms with van der Waals surface area (Å²) in [5, 5.41) is 0. The predicted molar refractivity (Wildman–Crippen MR) is 138 cm³/mol. The number of hydrogen-bond acceptors (Lipinski definition) is 4. The van der Waals surface area contributed by atoms with Crippen LogP contribution in [0.15, 0.2) is 0 Å². The van der Waals surface area contributed by atoms with Gasteiger partial charge in [0.25, 0.3) is 0 Å². The molecule has 1 unspecified atom stereocenters. The largest absolute Gasteiger partial charge is 0.340 e. The number of hydrogen-bond donors (Lipinski definition) is 0. The summed E-state index contributed by atoms with van der Waals surface area (Å²) < 4.78 is 0. The van der Waals surface area contributed by atoms with Crippen LogP contribution in [0.25, 0.3) is 0 Å². The van der Waals surface area contributed by atoms with Crippen LogP contribution in [0.5, 0.6) is 0 Å². The van der Waals surface area contributed by atoms with E-state index in [4.69, 9.17) is 0 Å². The highest BCUT2D eigenvalue weighted by Crippen LogP contribution is 2.37. The van der Waals surface area contributed by atoms with E-state index in [2.05, 4.69) is 54.2 Å². The highest BCUT2D eigenvalue weighted by atomic mass is 16.2. The minimum absolute atomic E-state index is 0.218. The van der Waals surface area contributed by atoms with Gasteiger partial charge in [0.2, 0.25) is 11.8 Å². The summed E-state index contributed by atoms with van der Waals surface area (Å²) in [6.45, 7) is 20.3. The first kappa shape index (κ1) is 25.9. The Kier molecular flexibility index (Phi) is 7.98. The van der Waals surface area contributed by atoms with Crippen molar-refractivity contribution in [1.29, 1.82) is 0 Å². The number of piperidine rings is 2. The summed E-state index contributed by atoms with van der Waals surface area (Å²) >= 11 is 0. The van der Waals surface area contributed by atoms with Crippen molar-refractivity contribution in [2.75, 3.05) is 52.4 Å². The molecular formula is C28H50N4O2. The summed E-state index contributed by atoms with van der Waals surface area (Å²) in [4.78, 5) is 34.7. The molecule has 0 aromatic rings. The first-order valence-electron chi connectivity index (χ1n) is 14.0. The molecular weight excluding hydrogens is 424 g/mol. The standard InChI is InChI=1S/C28H50N4O2/c1-27(2,3)20-30-18-22(24(19-30)32-13-7-6-9-26(32)34)17-28(4,5)21-29-15-11-23(12-16-29)31-14-8-10-25(31)33/h22-24H,6-21H2,1-5H3/t22?,24-/m0/s1. The molecule has 0 aromatic heterocycles. The van der Waals surface area contributed by atoms with E-state index in [0.717, 1.165) is 97.3 Å². The SMILES string of the molecule is CC(C)(C)CN1CC(CC(C)(C)CN2CCC(N3CCCC3=O)CC2)[C@@H](N2CCCCC2=O)C1. The Bertz CT molecular complexity index is 722. The Morgan fingerprint density at radius 1 is 0.735 bits per heavy atom. The maximum atomic E-state index is 12.8. The smallest absolute Gasteiger partial charge is 0.222 e. The highest BCUT2D eigenvalue weighted by molar-refractivity contribution is 5.78. The Morgan fingerprint density at radius 2 is 1.38 bits per heavy atom. The van der Waals surface area contributed by atoms with E-state index < -0.39 is 0 Å². The molecule has 2 atom stereocenters. The average molecular weight is 475 g/mol. The molecule has 4 rings (SSSR count). The van der Waals surface area contributed by atoms with Crippen LogP contribution in [-0.2, 0) is 9.59 Å². The molecule has 34 heavy (non-hydrogen) atoms.